The minimum absolute atomic E-state index is 0.0149. The maximum Gasteiger partial charge on any atom is 0.286 e. The van der Waals surface area contributed by atoms with E-state index in [1.165, 1.54) is 0 Å². The molecule has 3 aromatic rings. The first-order valence-corrected chi connectivity index (χ1v) is 13.3. The largest absolute Gasteiger partial charge is 0.286 e. The standard InChI is InChI=1S/C30H36N4O3/c1-4-7-10-22-13-16-25(31-19-22)28(35)34(29(36)26-17-14-23(20-32-26)11-8-5-2)30(37)27-18-15-24(21-33-27)12-9-6-3/h13-21H,4-12H2,1-3H3. The molecule has 0 N–H and O–H groups in total. The van der Waals surface area contributed by atoms with Crippen LogP contribution in [0.5, 0.6) is 0 Å². The van der Waals surface area contributed by atoms with Crippen molar-refractivity contribution in [2.75, 3.05) is 0 Å². The number of unbranched alkanes of at least 4 members (excludes halogenated alkanes) is 3. The van der Waals surface area contributed by atoms with E-state index in [2.05, 4.69) is 35.7 Å². The molecule has 194 valence electrons. The number of rotatable bonds is 12. The van der Waals surface area contributed by atoms with Crippen molar-refractivity contribution in [3.05, 3.63) is 88.8 Å². The predicted octanol–water partition coefficient (Wildman–Crippen LogP) is 6.02. The van der Waals surface area contributed by atoms with E-state index < -0.39 is 17.7 Å². The number of imide groups is 3. The molecule has 3 aromatic heterocycles. The van der Waals surface area contributed by atoms with Crippen LogP contribution in [0.2, 0.25) is 0 Å². The van der Waals surface area contributed by atoms with Gasteiger partial charge >= 0.3 is 0 Å². The van der Waals surface area contributed by atoms with Crippen LogP contribution in [0, 0.1) is 0 Å². The molecule has 7 heteroatoms. The Hall–Kier alpha value is -3.74. The molecule has 0 aliphatic carbocycles. The molecule has 0 fully saturated rings. The summed E-state index contributed by atoms with van der Waals surface area (Å²) in [6.07, 6.45) is 13.6. The van der Waals surface area contributed by atoms with Crippen molar-refractivity contribution in [2.24, 2.45) is 0 Å². The Morgan fingerprint density at radius 1 is 0.541 bits per heavy atom. The molecule has 3 rings (SSSR count). The van der Waals surface area contributed by atoms with Crippen molar-refractivity contribution >= 4 is 17.7 Å². The van der Waals surface area contributed by atoms with E-state index >= 15 is 0 Å². The highest BCUT2D eigenvalue weighted by Crippen LogP contribution is 2.15. The first-order chi connectivity index (χ1) is 18.0. The zero-order valence-corrected chi connectivity index (χ0v) is 22.1. The van der Waals surface area contributed by atoms with Gasteiger partial charge < -0.3 is 0 Å². The molecule has 0 aliphatic rings. The van der Waals surface area contributed by atoms with E-state index in [-0.39, 0.29) is 17.1 Å². The molecule has 3 heterocycles. The van der Waals surface area contributed by atoms with Crippen molar-refractivity contribution in [1.82, 2.24) is 19.9 Å². The number of aryl methyl sites for hydroxylation is 3. The van der Waals surface area contributed by atoms with Gasteiger partial charge in [-0.1, -0.05) is 58.2 Å². The molecule has 37 heavy (non-hydrogen) atoms. The Kier molecular flexibility index (Phi) is 10.6. The van der Waals surface area contributed by atoms with Gasteiger partial charge in [-0.05, 0) is 73.4 Å². The first kappa shape index (κ1) is 27.8. The summed E-state index contributed by atoms with van der Waals surface area (Å²) >= 11 is 0. The molecule has 3 amide bonds. The maximum atomic E-state index is 13.5. The number of aromatic nitrogens is 3. The van der Waals surface area contributed by atoms with E-state index in [9.17, 15) is 14.4 Å². The second-order valence-electron chi connectivity index (χ2n) is 9.22. The summed E-state index contributed by atoms with van der Waals surface area (Å²) in [6.45, 7) is 6.32. The van der Waals surface area contributed by atoms with Crippen molar-refractivity contribution < 1.29 is 14.4 Å². The van der Waals surface area contributed by atoms with Gasteiger partial charge in [0.2, 0.25) is 0 Å². The fraction of sp³-hybridized carbons (Fsp3) is 0.400. The third-order valence-electron chi connectivity index (χ3n) is 6.20. The van der Waals surface area contributed by atoms with Crippen LogP contribution in [0.1, 0.15) is 107 Å². The number of carbonyl (C=O) groups is 3. The highest BCUT2D eigenvalue weighted by molar-refractivity contribution is 6.22. The lowest BCUT2D eigenvalue weighted by Crippen LogP contribution is -2.43. The molecule has 0 aliphatic heterocycles. The Bertz CT molecular complexity index is 1020. The minimum atomic E-state index is -0.800. The summed E-state index contributed by atoms with van der Waals surface area (Å²) < 4.78 is 0. The Labute approximate surface area is 219 Å². The number of hydrogen-bond acceptors (Lipinski definition) is 6. The lowest BCUT2D eigenvalue weighted by molar-refractivity contribution is 0.0530. The molecular formula is C30H36N4O3. The highest BCUT2D eigenvalue weighted by atomic mass is 16.2. The molecule has 0 radical (unpaired) electrons. The Balaban J connectivity index is 1.91. The monoisotopic (exact) mass is 500 g/mol. The van der Waals surface area contributed by atoms with E-state index in [1.807, 2.05) is 18.2 Å². The van der Waals surface area contributed by atoms with Crippen molar-refractivity contribution in [3.63, 3.8) is 0 Å². The zero-order chi connectivity index (χ0) is 26.6. The molecule has 0 spiro atoms. The van der Waals surface area contributed by atoms with Crippen LogP contribution in [-0.4, -0.2) is 37.6 Å². The summed E-state index contributed by atoms with van der Waals surface area (Å²) in [7, 11) is 0. The van der Waals surface area contributed by atoms with E-state index in [0.717, 1.165) is 74.5 Å². The fourth-order valence-corrected chi connectivity index (χ4v) is 3.86. The van der Waals surface area contributed by atoms with Gasteiger partial charge in [0.15, 0.2) is 0 Å². The van der Waals surface area contributed by atoms with Crippen LogP contribution < -0.4 is 0 Å². The number of amides is 3. The average molecular weight is 501 g/mol. The Morgan fingerprint density at radius 3 is 1.05 bits per heavy atom. The number of carbonyl (C=O) groups excluding carboxylic acids is 3. The first-order valence-electron chi connectivity index (χ1n) is 13.3. The van der Waals surface area contributed by atoms with Crippen molar-refractivity contribution in [1.29, 1.82) is 0 Å². The van der Waals surface area contributed by atoms with Gasteiger partial charge in [-0.3, -0.25) is 29.3 Å². The zero-order valence-electron chi connectivity index (χ0n) is 22.1. The smallest absolute Gasteiger partial charge is 0.266 e. The molecule has 0 unspecified atom stereocenters. The highest BCUT2D eigenvalue weighted by Gasteiger charge is 2.33. The molecule has 0 saturated carbocycles. The lowest BCUT2D eigenvalue weighted by atomic mass is 10.1. The van der Waals surface area contributed by atoms with Gasteiger partial charge in [-0.15, -0.1) is 0 Å². The number of nitrogens with zero attached hydrogens (tertiary/aromatic N) is 4. The SMILES string of the molecule is CCCCc1ccc(C(=O)N(C(=O)c2ccc(CCCC)cn2)C(=O)c2ccc(CCCC)cn2)nc1. The van der Waals surface area contributed by atoms with Gasteiger partial charge in [0.05, 0.1) is 0 Å². The van der Waals surface area contributed by atoms with Gasteiger partial charge in [0.1, 0.15) is 17.1 Å². The maximum absolute atomic E-state index is 13.5. The number of hydrogen-bond donors (Lipinski definition) is 0. The summed E-state index contributed by atoms with van der Waals surface area (Å²) in [5, 5.41) is 0. The van der Waals surface area contributed by atoms with Crippen molar-refractivity contribution in [2.45, 2.75) is 78.6 Å². The normalized spacial score (nSPS) is 10.8. The third kappa shape index (κ3) is 7.62. The molecule has 7 nitrogen and oxygen atoms in total. The van der Waals surface area contributed by atoms with Crippen LogP contribution in [0.15, 0.2) is 55.0 Å². The van der Waals surface area contributed by atoms with Crippen LogP contribution in [0.3, 0.4) is 0 Å². The Morgan fingerprint density at radius 2 is 0.838 bits per heavy atom. The molecule has 0 aromatic carbocycles. The van der Waals surface area contributed by atoms with Crippen LogP contribution >= 0.6 is 0 Å². The van der Waals surface area contributed by atoms with Gasteiger partial charge in [-0.2, -0.15) is 0 Å². The van der Waals surface area contributed by atoms with E-state index in [4.69, 9.17) is 0 Å². The molecular weight excluding hydrogens is 464 g/mol. The van der Waals surface area contributed by atoms with Crippen LogP contribution in [0.25, 0.3) is 0 Å². The summed E-state index contributed by atoms with van der Waals surface area (Å²) in [6, 6.07) is 10.1. The second kappa shape index (κ2) is 14.1. The lowest BCUT2D eigenvalue weighted by Gasteiger charge is -2.18. The van der Waals surface area contributed by atoms with Crippen molar-refractivity contribution in [3.8, 4) is 0 Å². The number of pyridine rings is 3. The molecule has 0 saturated heterocycles. The minimum Gasteiger partial charge on any atom is -0.266 e. The van der Waals surface area contributed by atoms with Gasteiger partial charge in [0.25, 0.3) is 17.7 Å². The molecule has 0 bridgehead atoms. The van der Waals surface area contributed by atoms with Crippen LogP contribution in [-0.2, 0) is 19.3 Å². The van der Waals surface area contributed by atoms with Gasteiger partial charge in [0, 0.05) is 18.6 Å². The summed E-state index contributed by atoms with van der Waals surface area (Å²) in [5.41, 5.74) is 3.03. The second-order valence-corrected chi connectivity index (χ2v) is 9.22. The third-order valence-corrected chi connectivity index (χ3v) is 6.20. The average Bonchev–Trinajstić information content (AvgIpc) is 2.94. The van der Waals surface area contributed by atoms with Gasteiger partial charge in [-0.25, -0.2) is 4.90 Å². The quantitative estimate of drug-likeness (QED) is 0.282. The van der Waals surface area contributed by atoms with E-state index in [0.29, 0.717) is 4.90 Å². The summed E-state index contributed by atoms with van der Waals surface area (Å²) in [4.78, 5) is 53.8. The molecule has 0 atom stereocenters. The summed E-state index contributed by atoms with van der Waals surface area (Å²) in [5.74, 6) is -2.40. The van der Waals surface area contributed by atoms with Crippen LogP contribution in [0.4, 0.5) is 0 Å². The van der Waals surface area contributed by atoms with E-state index in [1.54, 1.807) is 36.8 Å². The fourth-order valence-electron chi connectivity index (χ4n) is 3.86. The predicted molar refractivity (Wildman–Crippen MR) is 143 cm³/mol. The topological polar surface area (TPSA) is 93.1 Å².